The third-order valence-electron chi connectivity index (χ3n) is 3.38. The van der Waals surface area contributed by atoms with E-state index in [2.05, 4.69) is 0 Å². The van der Waals surface area contributed by atoms with Gasteiger partial charge >= 0.3 is 0 Å². The van der Waals surface area contributed by atoms with Crippen molar-refractivity contribution < 1.29 is 18.6 Å². The van der Waals surface area contributed by atoms with Crippen LogP contribution in [0.15, 0.2) is 39.5 Å². The highest BCUT2D eigenvalue weighted by Gasteiger charge is 2.13. The van der Waals surface area contributed by atoms with Crippen LogP contribution in [0.25, 0.3) is 21.9 Å². The molecule has 0 amide bonds. The molecule has 0 bridgehead atoms. The van der Waals surface area contributed by atoms with Gasteiger partial charge in [-0.05, 0) is 18.2 Å². The maximum Gasteiger partial charge on any atom is 0.200 e. The Morgan fingerprint density at radius 1 is 0.810 bits per heavy atom. The number of ether oxygens (including phenoxy) is 3. The van der Waals surface area contributed by atoms with Crippen LogP contribution in [0.3, 0.4) is 0 Å². The van der Waals surface area contributed by atoms with Crippen LogP contribution in [-0.4, -0.2) is 21.3 Å². The molecule has 3 rings (SSSR count). The molecule has 0 fully saturated rings. The summed E-state index contributed by atoms with van der Waals surface area (Å²) in [6.45, 7) is 0. The predicted octanol–water partition coefficient (Wildman–Crippen LogP) is 2.97. The Labute approximate surface area is 120 Å². The quantitative estimate of drug-likeness (QED) is 0.693. The fourth-order valence-electron chi connectivity index (χ4n) is 2.29. The highest BCUT2D eigenvalue weighted by molar-refractivity contribution is 5.91. The fourth-order valence-corrected chi connectivity index (χ4v) is 2.29. The van der Waals surface area contributed by atoms with Crippen LogP contribution >= 0.6 is 0 Å². The van der Waals surface area contributed by atoms with Gasteiger partial charge in [0.15, 0.2) is 11.5 Å². The van der Waals surface area contributed by atoms with Crippen molar-refractivity contribution in [3.63, 3.8) is 0 Å². The number of hydrogen-bond acceptors (Lipinski definition) is 5. The first kappa shape index (κ1) is 13.3. The molecule has 2 aromatic carbocycles. The highest BCUT2D eigenvalue weighted by Crippen LogP contribution is 2.32. The molecule has 0 saturated heterocycles. The summed E-state index contributed by atoms with van der Waals surface area (Å²) < 4.78 is 21.4. The van der Waals surface area contributed by atoms with Gasteiger partial charge in [0.1, 0.15) is 16.9 Å². The SMILES string of the molecule is COc1ccc2c(=O)c3cc(OC)c(OC)cc3oc2c1. The van der Waals surface area contributed by atoms with Gasteiger partial charge in [0.2, 0.25) is 5.43 Å². The van der Waals surface area contributed by atoms with Crippen LogP contribution in [-0.2, 0) is 0 Å². The standard InChI is InChI=1S/C16H14O5/c1-18-9-4-5-10-12(6-9)21-13-8-15(20-3)14(19-2)7-11(13)16(10)17/h4-8H,1-3H3. The predicted molar refractivity (Wildman–Crippen MR) is 79.6 cm³/mol. The topological polar surface area (TPSA) is 57.9 Å². The van der Waals surface area contributed by atoms with Crippen LogP contribution in [0.4, 0.5) is 0 Å². The molecular formula is C16H14O5. The Bertz CT molecular complexity index is 879. The van der Waals surface area contributed by atoms with E-state index in [-0.39, 0.29) is 5.43 Å². The van der Waals surface area contributed by atoms with Crippen LogP contribution in [0, 0.1) is 0 Å². The van der Waals surface area contributed by atoms with Gasteiger partial charge in [-0.2, -0.15) is 0 Å². The summed E-state index contributed by atoms with van der Waals surface area (Å²) in [5, 5.41) is 0.945. The zero-order valence-corrected chi connectivity index (χ0v) is 11.9. The summed E-state index contributed by atoms with van der Waals surface area (Å²) in [5.74, 6) is 1.63. The molecular weight excluding hydrogens is 272 g/mol. The van der Waals surface area contributed by atoms with Crippen molar-refractivity contribution in [1.82, 2.24) is 0 Å². The molecule has 1 aromatic heterocycles. The lowest BCUT2D eigenvalue weighted by molar-refractivity contribution is 0.355. The Kier molecular flexibility index (Phi) is 3.17. The molecule has 0 unspecified atom stereocenters. The maximum atomic E-state index is 12.6. The molecule has 0 N–H and O–H groups in total. The van der Waals surface area contributed by atoms with E-state index in [0.717, 1.165) is 0 Å². The highest BCUT2D eigenvalue weighted by atomic mass is 16.5. The van der Waals surface area contributed by atoms with Crippen molar-refractivity contribution in [3.05, 3.63) is 40.6 Å². The van der Waals surface area contributed by atoms with Crippen molar-refractivity contribution >= 4 is 21.9 Å². The molecule has 5 nitrogen and oxygen atoms in total. The summed E-state index contributed by atoms with van der Waals surface area (Å²) in [5.41, 5.74) is 0.798. The van der Waals surface area contributed by atoms with Gasteiger partial charge in [-0.3, -0.25) is 4.79 Å². The smallest absolute Gasteiger partial charge is 0.200 e. The van der Waals surface area contributed by atoms with Gasteiger partial charge in [0.25, 0.3) is 0 Å². The van der Waals surface area contributed by atoms with E-state index in [1.807, 2.05) is 0 Å². The Balaban J connectivity index is 2.41. The van der Waals surface area contributed by atoms with Crippen LogP contribution in [0.2, 0.25) is 0 Å². The van der Waals surface area contributed by atoms with E-state index in [1.54, 1.807) is 37.4 Å². The van der Waals surface area contributed by atoms with E-state index in [9.17, 15) is 4.79 Å². The minimum Gasteiger partial charge on any atom is -0.497 e. The van der Waals surface area contributed by atoms with Crippen molar-refractivity contribution in [2.75, 3.05) is 21.3 Å². The first-order valence-electron chi connectivity index (χ1n) is 6.34. The summed E-state index contributed by atoms with van der Waals surface area (Å²) in [7, 11) is 4.62. The molecule has 108 valence electrons. The lowest BCUT2D eigenvalue weighted by atomic mass is 10.1. The molecule has 0 aliphatic heterocycles. The zero-order chi connectivity index (χ0) is 15.0. The van der Waals surface area contributed by atoms with Gasteiger partial charge in [0, 0.05) is 12.1 Å². The first-order chi connectivity index (χ1) is 10.2. The molecule has 3 aromatic rings. The fraction of sp³-hybridized carbons (Fsp3) is 0.188. The molecule has 0 spiro atoms. The summed E-state index contributed by atoms with van der Waals surface area (Å²) in [6, 6.07) is 8.38. The second-order valence-corrected chi connectivity index (χ2v) is 4.50. The molecule has 1 heterocycles. The Morgan fingerprint density at radius 3 is 2.14 bits per heavy atom. The molecule has 0 atom stereocenters. The third-order valence-corrected chi connectivity index (χ3v) is 3.38. The molecule has 0 saturated carbocycles. The largest absolute Gasteiger partial charge is 0.497 e. The molecule has 0 radical (unpaired) electrons. The summed E-state index contributed by atoms with van der Waals surface area (Å²) >= 11 is 0. The molecule has 0 aliphatic rings. The average Bonchev–Trinajstić information content (AvgIpc) is 2.53. The van der Waals surface area contributed by atoms with Gasteiger partial charge in [-0.25, -0.2) is 0 Å². The van der Waals surface area contributed by atoms with Gasteiger partial charge in [-0.15, -0.1) is 0 Å². The van der Waals surface area contributed by atoms with Crippen LogP contribution in [0.1, 0.15) is 0 Å². The van der Waals surface area contributed by atoms with E-state index < -0.39 is 0 Å². The first-order valence-corrected chi connectivity index (χ1v) is 6.34. The van der Waals surface area contributed by atoms with Gasteiger partial charge in [0.05, 0.1) is 32.1 Å². The minimum atomic E-state index is -0.116. The number of hydrogen-bond donors (Lipinski definition) is 0. The van der Waals surface area contributed by atoms with Gasteiger partial charge in [-0.1, -0.05) is 0 Å². The lowest BCUT2D eigenvalue weighted by Crippen LogP contribution is -2.03. The maximum absolute atomic E-state index is 12.6. The molecule has 21 heavy (non-hydrogen) atoms. The lowest BCUT2D eigenvalue weighted by Gasteiger charge is -2.09. The molecule has 0 aliphatic carbocycles. The third kappa shape index (κ3) is 2.07. The number of fused-ring (bicyclic) bond motifs is 2. The zero-order valence-electron chi connectivity index (χ0n) is 11.9. The number of methoxy groups -OCH3 is 3. The minimum absolute atomic E-state index is 0.116. The average molecular weight is 286 g/mol. The van der Waals surface area contributed by atoms with Crippen LogP contribution in [0.5, 0.6) is 17.2 Å². The molecule has 5 heteroatoms. The van der Waals surface area contributed by atoms with Crippen molar-refractivity contribution in [1.29, 1.82) is 0 Å². The van der Waals surface area contributed by atoms with Crippen molar-refractivity contribution in [3.8, 4) is 17.2 Å². The second kappa shape index (κ2) is 5.01. The normalized spacial score (nSPS) is 10.8. The van der Waals surface area contributed by atoms with Gasteiger partial charge < -0.3 is 18.6 Å². The van der Waals surface area contributed by atoms with E-state index in [1.165, 1.54) is 14.2 Å². The van der Waals surface area contributed by atoms with Crippen LogP contribution < -0.4 is 19.6 Å². The van der Waals surface area contributed by atoms with Crippen molar-refractivity contribution in [2.45, 2.75) is 0 Å². The number of rotatable bonds is 3. The summed E-state index contributed by atoms with van der Waals surface area (Å²) in [6.07, 6.45) is 0. The van der Waals surface area contributed by atoms with E-state index in [0.29, 0.717) is 39.2 Å². The summed E-state index contributed by atoms with van der Waals surface area (Å²) in [4.78, 5) is 12.6. The van der Waals surface area contributed by atoms with E-state index in [4.69, 9.17) is 18.6 Å². The Hall–Kier alpha value is -2.69. The van der Waals surface area contributed by atoms with E-state index >= 15 is 0 Å². The Morgan fingerprint density at radius 2 is 1.48 bits per heavy atom. The van der Waals surface area contributed by atoms with Crippen molar-refractivity contribution in [2.24, 2.45) is 0 Å². The second-order valence-electron chi connectivity index (χ2n) is 4.50. The number of benzene rings is 2. The monoisotopic (exact) mass is 286 g/mol.